The van der Waals surface area contributed by atoms with Gasteiger partial charge < -0.3 is 4.90 Å². The second-order valence-corrected chi connectivity index (χ2v) is 6.08. The van der Waals surface area contributed by atoms with E-state index in [1.54, 1.807) is 0 Å². The molecule has 92 valence electrons. The van der Waals surface area contributed by atoms with Crippen molar-refractivity contribution in [1.29, 1.82) is 0 Å². The van der Waals surface area contributed by atoms with Crippen molar-refractivity contribution in [3.8, 4) is 0 Å². The van der Waals surface area contributed by atoms with Gasteiger partial charge in [-0.05, 0) is 37.5 Å². The monoisotopic (exact) mass is 223 g/mol. The van der Waals surface area contributed by atoms with Crippen LogP contribution < -0.4 is 0 Å². The Bertz CT molecular complexity index is 268. The first-order valence-corrected chi connectivity index (χ1v) is 6.87. The molecule has 0 aromatic heterocycles. The van der Waals surface area contributed by atoms with E-state index in [2.05, 4.69) is 25.7 Å². The number of piperidine rings is 1. The highest BCUT2D eigenvalue weighted by molar-refractivity contribution is 5.85. The third-order valence-electron chi connectivity index (χ3n) is 4.61. The molecule has 1 aliphatic heterocycles. The van der Waals surface area contributed by atoms with Gasteiger partial charge in [-0.2, -0.15) is 0 Å². The van der Waals surface area contributed by atoms with Gasteiger partial charge in [-0.15, -0.1) is 0 Å². The quantitative estimate of drug-likeness (QED) is 0.720. The lowest BCUT2D eigenvalue weighted by Gasteiger charge is -2.32. The van der Waals surface area contributed by atoms with Gasteiger partial charge in [0, 0.05) is 18.5 Å². The molecule has 2 nitrogen and oxygen atoms in total. The van der Waals surface area contributed by atoms with Gasteiger partial charge in [0.25, 0.3) is 0 Å². The van der Waals surface area contributed by atoms with Crippen LogP contribution in [-0.2, 0) is 4.79 Å². The van der Waals surface area contributed by atoms with Gasteiger partial charge >= 0.3 is 0 Å². The van der Waals surface area contributed by atoms with E-state index in [1.165, 1.54) is 25.7 Å². The van der Waals surface area contributed by atoms with E-state index in [-0.39, 0.29) is 5.41 Å². The summed E-state index contributed by atoms with van der Waals surface area (Å²) in [5.74, 6) is 1.92. The molecule has 0 radical (unpaired) electrons. The molecule has 16 heavy (non-hydrogen) atoms. The molecule has 0 aromatic rings. The Morgan fingerprint density at radius 3 is 2.56 bits per heavy atom. The molecule has 0 aromatic carbocycles. The predicted octanol–water partition coefficient (Wildman–Crippen LogP) is 3.07. The maximum Gasteiger partial charge on any atom is 0.228 e. The summed E-state index contributed by atoms with van der Waals surface area (Å²) >= 11 is 0. The average molecular weight is 223 g/mol. The molecule has 2 unspecified atom stereocenters. The van der Waals surface area contributed by atoms with Crippen LogP contribution in [0.5, 0.6) is 0 Å². The molecule has 2 aliphatic rings. The van der Waals surface area contributed by atoms with Gasteiger partial charge in [0.2, 0.25) is 5.91 Å². The minimum Gasteiger partial charge on any atom is -0.342 e. The van der Waals surface area contributed by atoms with Crippen molar-refractivity contribution in [2.24, 2.45) is 17.3 Å². The number of hydrogen-bond donors (Lipinski definition) is 0. The van der Waals surface area contributed by atoms with E-state index in [4.69, 9.17) is 0 Å². The molecule has 1 aliphatic carbocycles. The second kappa shape index (κ2) is 4.38. The van der Waals surface area contributed by atoms with Crippen molar-refractivity contribution in [3.05, 3.63) is 0 Å². The predicted molar refractivity (Wildman–Crippen MR) is 66.1 cm³/mol. The summed E-state index contributed by atoms with van der Waals surface area (Å²) in [7, 11) is 0. The number of carbonyl (C=O) groups is 1. The topological polar surface area (TPSA) is 20.3 Å². The third kappa shape index (κ3) is 2.11. The molecule has 2 atom stereocenters. The molecule has 1 heterocycles. The highest BCUT2D eigenvalue weighted by Gasteiger charge is 2.56. The van der Waals surface area contributed by atoms with Gasteiger partial charge in [0.1, 0.15) is 0 Å². The van der Waals surface area contributed by atoms with E-state index in [0.717, 1.165) is 25.4 Å². The van der Waals surface area contributed by atoms with Gasteiger partial charge in [0.05, 0.1) is 0 Å². The molecule has 0 spiro atoms. The molecular formula is C14H25NO. The Morgan fingerprint density at radius 1 is 1.38 bits per heavy atom. The van der Waals surface area contributed by atoms with E-state index in [9.17, 15) is 4.79 Å². The first kappa shape index (κ1) is 11.9. The molecule has 2 heteroatoms. The van der Waals surface area contributed by atoms with Crippen LogP contribution in [0.15, 0.2) is 0 Å². The number of rotatable bonds is 3. The van der Waals surface area contributed by atoms with Crippen LogP contribution in [0.4, 0.5) is 0 Å². The average Bonchev–Trinajstić information content (AvgIpc) is 2.92. The smallest absolute Gasteiger partial charge is 0.228 e. The summed E-state index contributed by atoms with van der Waals surface area (Å²) in [4.78, 5) is 14.5. The maximum absolute atomic E-state index is 12.4. The van der Waals surface area contributed by atoms with Crippen LogP contribution >= 0.6 is 0 Å². The van der Waals surface area contributed by atoms with Crippen molar-refractivity contribution >= 4 is 5.91 Å². The van der Waals surface area contributed by atoms with Crippen LogP contribution in [0, 0.1) is 17.3 Å². The number of amides is 1. The van der Waals surface area contributed by atoms with Crippen LogP contribution in [0.25, 0.3) is 0 Å². The lowest BCUT2D eigenvalue weighted by Crippen LogP contribution is -2.42. The molecule has 0 bridgehead atoms. The highest BCUT2D eigenvalue weighted by Crippen LogP contribution is 2.55. The Balaban J connectivity index is 1.89. The molecule has 2 rings (SSSR count). The SMILES string of the molecule is CCCC1CC1(C)C(=O)N1CCC(C)CC1. The van der Waals surface area contributed by atoms with Gasteiger partial charge in [-0.3, -0.25) is 4.79 Å². The molecular weight excluding hydrogens is 198 g/mol. The van der Waals surface area contributed by atoms with Gasteiger partial charge in [-0.1, -0.05) is 27.2 Å². The summed E-state index contributed by atoms with van der Waals surface area (Å²) in [6.07, 6.45) is 5.96. The summed E-state index contributed by atoms with van der Waals surface area (Å²) in [6, 6.07) is 0. The van der Waals surface area contributed by atoms with Crippen LogP contribution in [0.1, 0.15) is 52.9 Å². The maximum atomic E-state index is 12.4. The van der Waals surface area contributed by atoms with E-state index in [1.807, 2.05) is 0 Å². The lowest BCUT2D eigenvalue weighted by atomic mass is 9.96. The number of carbonyl (C=O) groups excluding carboxylic acids is 1. The summed E-state index contributed by atoms with van der Waals surface area (Å²) < 4.78 is 0. The Hall–Kier alpha value is -0.530. The van der Waals surface area contributed by atoms with Crippen molar-refractivity contribution in [2.45, 2.75) is 52.9 Å². The number of nitrogens with zero attached hydrogens (tertiary/aromatic N) is 1. The molecule has 2 fully saturated rings. The van der Waals surface area contributed by atoms with Crippen LogP contribution in [0.2, 0.25) is 0 Å². The minimum absolute atomic E-state index is 0.0105. The zero-order chi connectivity index (χ0) is 11.8. The normalized spacial score (nSPS) is 35.2. The molecule has 1 saturated heterocycles. The fourth-order valence-electron chi connectivity index (χ4n) is 3.06. The van der Waals surface area contributed by atoms with Crippen molar-refractivity contribution < 1.29 is 4.79 Å². The van der Waals surface area contributed by atoms with Crippen LogP contribution in [0.3, 0.4) is 0 Å². The van der Waals surface area contributed by atoms with Crippen molar-refractivity contribution in [3.63, 3.8) is 0 Å². The standard InChI is InChI=1S/C14H25NO/c1-4-5-12-10-14(12,3)13(16)15-8-6-11(2)7-9-15/h11-12H,4-10H2,1-3H3. The van der Waals surface area contributed by atoms with E-state index >= 15 is 0 Å². The Morgan fingerprint density at radius 2 is 2.00 bits per heavy atom. The molecule has 1 saturated carbocycles. The molecule has 1 amide bonds. The van der Waals surface area contributed by atoms with Crippen molar-refractivity contribution in [1.82, 2.24) is 4.90 Å². The number of likely N-dealkylation sites (tertiary alicyclic amines) is 1. The fraction of sp³-hybridized carbons (Fsp3) is 0.929. The minimum atomic E-state index is 0.0105. The summed E-state index contributed by atoms with van der Waals surface area (Å²) in [6.45, 7) is 8.67. The zero-order valence-electron chi connectivity index (χ0n) is 11.0. The summed E-state index contributed by atoms with van der Waals surface area (Å²) in [5, 5.41) is 0. The Kier molecular flexibility index (Phi) is 3.27. The number of hydrogen-bond acceptors (Lipinski definition) is 1. The second-order valence-electron chi connectivity index (χ2n) is 6.08. The largest absolute Gasteiger partial charge is 0.342 e. The third-order valence-corrected chi connectivity index (χ3v) is 4.61. The van der Waals surface area contributed by atoms with Gasteiger partial charge in [-0.25, -0.2) is 0 Å². The van der Waals surface area contributed by atoms with Crippen molar-refractivity contribution in [2.75, 3.05) is 13.1 Å². The van der Waals surface area contributed by atoms with Crippen LogP contribution in [-0.4, -0.2) is 23.9 Å². The van der Waals surface area contributed by atoms with Gasteiger partial charge in [0.15, 0.2) is 0 Å². The highest BCUT2D eigenvalue weighted by atomic mass is 16.2. The molecule has 0 N–H and O–H groups in total. The van der Waals surface area contributed by atoms with E-state index < -0.39 is 0 Å². The first-order valence-electron chi connectivity index (χ1n) is 6.87. The summed E-state index contributed by atoms with van der Waals surface area (Å²) in [5.41, 5.74) is 0.0105. The first-order chi connectivity index (χ1) is 7.58. The Labute approximate surface area is 99.4 Å². The zero-order valence-corrected chi connectivity index (χ0v) is 11.0. The lowest BCUT2D eigenvalue weighted by molar-refractivity contribution is -0.138. The van der Waals surface area contributed by atoms with E-state index in [0.29, 0.717) is 11.8 Å². The fourth-order valence-corrected chi connectivity index (χ4v) is 3.06.